The molecule has 1 aliphatic rings. The van der Waals surface area contributed by atoms with Crippen molar-refractivity contribution in [2.75, 3.05) is 10.7 Å². The van der Waals surface area contributed by atoms with Crippen molar-refractivity contribution in [1.29, 1.82) is 0 Å². The third kappa shape index (κ3) is 3.56. The van der Waals surface area contributed by atoms with Crippen molar-refractivity contribution in [3.05, 3.63) is 67.8 Å². The number of amides is 1. The largest absolute Gasteiger partial charge is 0.310 e. The van der Waals surface area contributed by atoms with Crippen molar-refractivity contribution in [2.45, 2.75) is 18.8 Å². The zero-order chi connectivity index (χ0) is 19.8. The van der Waals surface area contributed by atoms with Gasteiger partial charge in [-0.15, -0.1) is 11.8 Å². The molecule has 0 N–H and O–H groups in total. The highest BCUT2D eigenvalue weighted by Crippen LogP contribution is 2.46. The molecule has 2 heterocycles. The minimum Gasteiger partial charge on any atom is -0.310 e. The van der Waals surface area contributed by atoms with E-state index >= 15 is 0 Å². The number of carbonyl (C=O) groups is 1. The van der Waals surface area contributed by atoms with Crippen LogP contribution in [-0.4, -0.2) is 21.2 Å². The predicted octanol–water partition coefficient (Wildman–Crippen LogP) is 6.26. The van der Waals surface area contributed by atoms with Crippen molar-refractivity contribution >= 4 is 69.4 Å². The molecular weight excluding hydrogens is 528 g/mol. The number of halogens is 3. The molecule has 1 saturated heterocycles. The molecule has 1 amide bonds. The second-order valence-corrected chi connectivity index (χ2v) is 9.39. The molecule has 3 aromatic rings. The van der Waals surface area contributed by atoms with E-state index in [0.717, 1.165) is 16.8 Å². The van der Waals surface area contributed by atoms with E-state index in [1.165, 1.54) is 15.3 Å². The first-order valence-electron chi connectivity index (χ1n) is 8.70. The Morgan fingerprint density at radius 2 is 1.86 bits per heavy atom. The summed E-state index contributed by atoms with van der Waals surface area (Å²) in [5.41, 5.74) is 2.79. The molecule has 1 unspecified atom stereocenters. The summed E-state index contributed by atoms with van der Waals surface area (Å²) in [6.07, 6.45) is 1.82. The summed E-state index contributed by atoms with van der Waals surface area (Å²) < 4.78 is 3.23. The molecule has 1 fully saturated rings. The minimum absolute atomic E-state index is 0.000413. The van der Waals surface area contributed by atoms with Crippen LogP contribution in [-0.2, 0) is 11.3 Å². The smallest absolute Gasteiger partial charge is 0.240 e. The summed E-state index contributed by atoms with van der Waals surface area (Å²) in [7, 11) is 0. The van der Waals surface area contributed by atoms with Crippen molar-refractivity contribution < 1.29 is 4.79 Å². The number of hydrogen-bond donors (Lipinski definition) is 0. The summed E-state index contributed by atoms with van der Waals surface area (Å²) in [6.45, 7) is 2.74. The van der Waals surface area contributed by atoms with E-state index < -0.39 is 0 Å². The Morgan fingerprint density at radius 1 is 1.18 bits per heavy atom. The summed E-state index contributed by atoms with van der Waals surface area (Å²) in [5, 5.41) is 0.806. The fourth-order valence-electron chi connectivity index (χ4n) is 3.32. The van der Waals surface area contributed by atoms with E-state index in [1.807, 2.05) is 19.2 Å². The Balaban J connectivity index is 1.81. The molecule has 0 aliphatic carbocycles. The highest BCUT2D eigenvalue weighted by atomic mass is 127. The summed E-state index contributed by atoms with van der Waals surface area (Å²) >= 11 is 16.7. The third-order valence-corrected chi connectivity index (χ3v) is 7.17. The number of anilines is 1. The Morgan fingerprint density at radius 3 is 2.50 bits per heavy atom. The minimum atomic E-state index is -0.300. The second-order valence-electron chi connectivity index (χ2n) is 6.26. The maximum absolute atomic E-state index is 12.8. The topological polar surface area (TPSA) is 38.1 Å². The number of hydrogen-bond acceptors (Lipinski definition) is 3. The molecule has 0 radical (unpaired) electrons. The van der Waals surface area contributed by atoms with Crippen LogP contribution in [0.4, 0.5) is 5.95 Å². The first-order chi connectivity index (χ1) is 13.5. The zero-order valence-corrected chi connectivity index (χ0v) is 19.4. The molecule has 28 heavy (non-hydrogen) atoms. The fraction of sp³-hybridized carbons (Fsp3) is 0.200. The average Bonchev–Trinajstić information content (AvgIpc) is 3.25. The molecule has 8 heteroatoms. The number of carbonyl (C=O) groups excluding carboxylic acids is 1. The molecule has 1 aromatic heterocycles. The summed E-state index contributed by atoms with van der Waals surface area (Å²) in [4.78, 5) is 19.1. The van der Waals surface area contributed by atoms with Crippen LogP contribution >= 0.6 is 57.6 Å². The van der Waals surface area contributed by atoms with E-state index in [-0.39, 0.29) is 11.3 Å². The van der Waals surface area contributed by atoms with Gasteiger partial charge in [-0.25, -0.2) is 4.98 Å². The Kier molecular flexibility index (Phi) is 5.92. The monoisotopic (exact) mass is 543 g/mol. The molecule has 4 rings (SSSR count). The van der Waals surface area contributed by atoms with Gasteiger partial charge in [-0.1, -0.05) is 41.4 Å². The SMILES string of the molecule is CCn1c(-c2ccc(I)cc2)cnc1N1C(=O)CSC1c1c(Cl)cccc1Cl. The predicted molar refractivity (Wildman–Crippen MR) is 125 cm³/mol. The van der Waals surface area contributed by atoms with Gasteiger partial charge in [0, 0.05) is 25.7 Å². The van der Waals surface area contributed by atoms with Crippen LogP contribution in [0.2, 0.25) is 10.0 Å². The van der Waals surface area contributed by atoms with Gasteiger partial charge >= 0.3 is 0 Å². The van der Waals surface area contributed by atoms with Crippen molar-refractivity contribution in [1.82, 2.24) is 9.55 Å². The van der Waals surface area contributed by atoms with Crippen LogP contribution in [0, 0.1) is 3.57 Å². The number of benzene rings is 2. The molecular formula is C20H16Cl2IN3OS. The average molecular weight is 544 g/mol. The lowest BCUT2D eigenvalue weighted by Crippen LogP contribution is -2.31. The Bertz CT molecular complexity index is 1020. The van der Waals surface area contributed by atoms with Crippen LogP contribution in [0.5, 0.6) is 0 Å². The maximum atomic E-state index is 12.8. The van der Waals surface area contributed by atoms with Gasteiger partial charge in [0.15, 0.2) is 0 Å². The van der Waals surface area contributed by atoms with E-state index in [4.69, 9.17) is 23.2 Å². The zero-order valence-electron chi connectivity index (χ0n) is 14.9. The molecule has 144 valence electrons. The van der Waals surface area contributed by atoms with Gasteiger partial charge in [0.05, 0.1) is 17.6 Å². The van der Waals surface area contributed by atoms with Crippen LogP contribution in [0.1, 0.15) is 17.9 Å². The van der Waals surface area contributed by atoms with E-state index in [9.17, 15) is 4.79 Å². The van der Waals surface area contributed by atoms with Gasteiger partial charge in [-0.2, -0.15) is 0 Å². The van der Waals surface area contributed by atoms with Crippen LogP contribution < -0.4 is 4.90 Å². The van der Waals surface area contributed by atoms with Gasteiger partial charge < -0.3 is 4.57 Å². The second kappa shape index (κ2) is 8.26. The molecule has 4 nitrogen and oxygen atoms in total. The van der Waals surface area contributed by atoms with Crippen LogP contribution in [0.25, 0.3) is 11.3 Å². The summed E-state index contributed by atoms with van der Waals surface area (Å²) in [6, 6.07) is 13.7. The lowest BCUT2D eigenvalue weighted by atomic mass is 10.2. The maximum Gasteiger partial charge on any atom is 0.240 e. The van der Waals surface area contributed by atoms with Gasteiger partial charge in [0.25, 0.3) is 0 Å². The molecule has 0 spiro atoms. The highest BCUT2D eigenvalue weighted by Gasteiger charge is 2.39. The normalized spacial score (nSPS) is 16.8. The van der Waals surface area contributed by atoms with E-state index in [1.54, 1.807) is 17.0 Å². The van der Waals surface area contributed by atoms with Crippen molar-refractivity contribution in [2.24, 2.45) is 0 Å². The highest BCUT2D eigenvalue weighted by molar-refractivity contribution is 14.1. The summed E-state index contributed by atoms with van der Waals surface area (Å²) in [5.74, 6) is 0.981. The number of nitrogens with zero attached hydrogens (tertiary/aromatic N) is 3. The quantitative estimate of drug-likeness (QED) is 0.364. The number of rotatable bonds is 4. The molecule has 1 atom stereocenters. The Hall–Kier alpha value is -1.22. The van der Waals surface area contributed by atoms with Gasteiger partial charge in [0.1, 0.15) is 5.37 Å². The number of thioether (sulfide) groups is 1. The van der Waals surface area contributed by atoms with Gasteiger partial charge in [-0.05, 0) is 59.3 Å². The van der Waals surface area contributed by atoms with E-state index in [2.05, 4.69) is 56.4 Å². The van der Waals surface area contributed by atoms with Crippen LogP contribution in [0.15, 0.2) is 48.7 Å². The van der Waals surface area contributed by atoms with Crippen LogP contribution in [0.3, 0.4) is 0 Å². The molecule has 2 aromatic carbocycles. The van der Waals surface area contributed by atoms with Crippen molar-refractivity contribution in [3.63, 3.8) is 0 Å². The lowest BCUT2D eigenvalue weighted by Gasteiger charge is -2.25. The lowest BCUT2D eigenvalue weighted by molar-refractivity contribution is -0.115. The molecule has 0 saturated carbocycles. The number of imidazole rings is 1. The van der Waals surface area contributed by atoms with E-state index in [0.29, 0.717) is 28.3 Å². The Labute approximate surface area is 191 Å². The fourth-order valence-corrected chi connectivity index (χ4v) is 5.64. The first kappa shape index (κ1) is 20.1. The first-order valence-corrected chi connectivity index (χ1v) is 11.6. The third-order valence-electron chi connectivity index (χ3n) is 4.62. The standard InChI is InChI=1S/C20H16Cl2IN3OS/c1-2-25-16(12-6-8-13(23)9-7-12)10-24-20(25)26-17(27)11-28-19(26)18-14(21)4-3-5-15(18)22/h3-10,19H,2,11H2,1H3. The molecule has 1 aliphatic heterocycles. The van der Waals surface area contributed by atoms with Gasteiger partial charge in [-0.3, -0.25) is 9.69 Å². The van der Waals surface area contributed by atoms with Crippen molar-refractivity contribution in [3.8, 4) is 11.3 Å². The number of aromatic nitrogens is 2. The van der Waals surface area contributed by atoms with Gasteiger partial charge in [0.2, 0.25) is 11.9 Å². The molecule has 0 bridgehead atoms.